The average Bonchev–Trinajstić information content (AvgIpc) is 3.20. The molecule has 0 spiro atoms. The molecule has 1 fully saturated rings. The summed E-state index contributed by atoms with van der Waals surface area (Å²) in [5, 5.41) is 3.42. The topological polar surface area (TPSA) is 62.3 Å². The normalized spacial score (nSPS) is 13.8. The molecule has 6 nitrogen and oxygen atoms in total. The van der Waals surface area contributed by atoms with Crippen molar-refractivity contribution < 1.29 is 4.74 Å². The summed E-state index contributed by atoms with van der Waals surface area (Å²) in [5.74, 6) is 0.710. The minimum atomic E-state index is -0.168. The van der Waals surface area contributed by atoms with Gasteiger partial charge in [-0.15, -0.1) is 0 Å². The minimum absolute atomic E-state index is 0.168. The van der Waals surface area contributed by atoms with Crippen LogP contribution < -0.4 is 15.9 Å². The van der Waals surface area contributed by atoms with Crippen LogP contribution >= 0.6 is 0 Å². The highest BCUT2D eigenvalue weighted by atomic mass is 16.5. The summed E-state index contributed by atoms with van der Waals surface area (Å²) in [6, 6.07) is 28.3. The van der Waals surface area contributed by atoms with Gasteiger partial charge in [0.05, 0.1) is 24.6 Å². The maximum Gasteiger partial charge on any atom is 0.332 e. The Morgan fingerprint density at radius 3 is 2.12 bits per heavy atom. The van der Waals surface area contributed by atoms with Gasteiger partial charge >= 0.3 is 5.69 Å². The SMILES string of the molecule is O=c1[nH]c(NCc2ccccc2)c(-c2ccccc2)n1-c1ccc(N2CCOCC2)cc1. The fourth-order valence-corrected chi connectivity index (χ4v) is 4.10. The van der Waals surface area contributed by atoms with Crippen molar-refractivity contribution in [2.24, 2.45) is 0 Å². The number of rotatable bonds is 6. The summed E-state index contributed by atoms with van der Waals surface area (Å²) < 4.78 is 7.20. The summed E-state index contributed by atoms with van der Waals surface area (Å²) in [4.78, 5) is 18.4. The molecule has 5 rings (SSSR count). The molecule has 0 amide bonds. The first-order valence-corrected chi connectivity index (χ1v) is 10.9. The number of ether oxygens (including phenoxy) is 1. The number of anilines is 2. The number of aromatic amines is 1. The minimum Gasteiger partial charge on any atom is -0.378 e. The first kappa shape index (κ1) is 20.2. The lowest BCUT2D eigenvalue weighted by molar-refractivity contribution is 0.122. The molecule has 32 heavy (non-hydrogen) atoms. The molecule has 2 N–H and O–H groups in total. The Morgan fingerprint density at radius 1 is 0.812 bits per heavy atom. The van der Waals surface area contributed by atoms with E-state index in [2.05, 4.69) is 39.5 Å². The third-order valence-electron chi connectivity index (χ3n) is 5.74. The highest BCUT2D eigenvalue weighted by Crippen LogP contribution is 2.29. The summed E-state index contributed by atoms with van der Waals surface area (Å²) in [5.41, 5.74) is 4.75. The molecular formula is C26H26N4O2. The first-order chi connectivity index (χ1) is 15.8. The second-order valence-electron chi connectivity index (χ2n) is 7.81. The van der Waals surface area contributed by atoms with E-state index in [0.29, 0.717) is 12.4 Å². The van der Waals surface area contributed by atoms with Crippen molar-refractivity contribution in [2.45, 2.75) is 6.54 Å². The molecule has 4 aromatic rings. The predicted octanol–water partition coefficient (Wildman–Crippen LogP) is 4.28. The van der Waals surface area contributed by atoms with Gasteiger partial charge in [-0.2, -0.15) is 0 Å². The summed E-state index contributed by atoms with van der Waals surface area (Å²) in [6.07, 6.45) is 0. The summed E-state index contributed by atoms with van der Waals surface area (Å²) >= 11 is 0. The van der Waals surface area contributed by atoms with E-state index in [1.54, 1.807) is 4.57 Å². The number of benzene rings is 3. The van der Waals surface area contributed by atoms with Crippen molar-refractivity contribution in [1.29, 1.82) is 0 Å². The van der Waals surface area contributed by atoms with E-state index < -0.39 is 0 Å². The van der Waals surface area contributed by atoms with Crippen LogP contribution in [0.4, 0.5) is 11.5 Å². The Hall–Kier alpha value is -3.77. The van der Waals surface area contributed by atoms with E-state index in [1.807, 2.05) is 60.7 Å². The van der Waals surface area contributed by atoms with Crippen LogP contribution in [0.15, 0.2) is 89.7 Å². The van der Waals surface area contributed by atoms with Crippen molar-refractivity contribution in [3.8, 4) is 16.9 Å². The Balaban J connectivity index is 1.51. The molecule has 0 saturated carbocycles. The van der Waals surface area contributed by atoms with E-state index in [-0.39, 0.29) is 5.69 Å². The first-order valence-electron chi connectivity index (χ1n) is 10.9. The maximum atomic E-state index is 13.1. The molecule has 2 heterocycles. The Kier molecular flexibility index (Phi) is 5.77. The standard InChI is InChI=1S/C26H26N4O2/c31-26-28-25(27-19-20-7-3-1-4-8-20)24(21-9-5-2-6-10-21)30(26)23-13-11-22(12-14-23)29-15-17-32-18-16-29/h1-14,27H,15-19H2,(H,28,31). The fraction of sp³-hybridized carbons (Fsp3) is 0.192. The smallest absolute Gasteiger partial charge is 0.332 e. The van der Waals surface area contributed by atoms with Crippen LogP contribution in [0.2, 0.25) is 0 Å². The van der Waals surface area contributed by atoms with E-state index in [4.69, 9.17) is 4.74 Å². The number of H-pyrrole nitrogens is 1. The molecule has 3 aromatic carbocycles. The average molecular weight is 427 g/mol. The Morgan fingerprint density at radius 2 is 1.44 bits per heavy atom. The van der Waals surface area contributed by atoms with Crippen molar-refractivity contribution in [2.75, 3.05) is 36.5 Å². The number of imidazole rings is 1. The Bertz CT molecular complexity index is 1210. The van der Waals surface area contributed by atoms with Gasteiger partial charge in [0.25, 0.3) is 0 Å². The quantitative estimate of drug-likeness (QED) is 0.483. The molecule has 162 valence electrons. The molecule has 0 radical (unpaired) electrons. The van der Waals surface area contributed by atoms with Crippen LogP contribution in [-0.4, -0.2) is 35.9 Å². The number of morpholine rings is 1. The van der Waals surface area contributed by atoms with Gasteiger partial charge in [0.1, 0.15) is 5.82 Å². The van der Waals surface area contributed by atoms with E-state index in [9.17, 15) is 4.79 Å². The second kappa shape index (κ2) is 9.16. The lowest BCUT2D eigenvalue weighted by Crippen LogP contribution is -2.36. The highest BCUT2D eigenvalue weighted by molar-refractivity contribution is 5.74. The summed E-state index contributed by atoms with van der Waals surface area (Å²) in [6.45, 7) is 3.87. The van der Waals surface area contributed by atoms with Crippen LogP contribution in [0, 0.1) is 0 Å². The third kappa shape index (κ3) is 4.18. The molecule has 0 bridgehead atoms. The second-order valence-corrected chi connectivity index (χ2v) is 7.81. The largest absolute Gasteiger partial charge is 0.378 e. The van der Waals surface area contributed by atoms with E-state index in [0.717, 1.165) is 54.5 Å². The molecule has 1 saturated heterocycles. The number of nitrogens with zero attached hydrogens (tertiary/aromatic N) is 2. The van der Waals surface area contributed by atoms with Crippen LogP contribution in [0.5, 0.6) is 0 Å². The molecule has 6 heteroatoms. The van der Waals surface area contributed by atoms with Crippen molar-refractivity contribution in [3.05, 3.63) is 101 Å². The fourth-order valence-electron chi connectivity index (χ4n) is 4.10. The zero-order chi connectivity index (χ0) is 21.8. The predicted molar refractivity (Wildman–Crippen MR) is 129 cm³/mol. The van der Waals surface area contributed by atoms with Crippen LogP contribution in [-0.2, 0) is 11.3 Å². The van der Waals surface area contributed by atoms with E-state index >= 15 is 0 Å². The maximum absolute atomic E-state index is 13.1. The summed E-state index contributed by atoms with van der Waals surface area (Å²) in [7, 11) is 0. The number of nitrogens with one attached hydrogen (secondary N) is 2. The van der Waals surface area contributed by atoms with Gasteiger partial charge in [0, 0.05) is 30.9 Å². The van der Waals surface area contributed by atoms with Gasteiger partial charge in [-0.05, 0) is 29.8 Å². The van der Waals surface area contributed by atoms with Gasteiger partial charge in [-0.1, -0.05) is 60.7 Å². The van der Waals surface area contributed by atoms with Crippen molar-refractivity contribution in [3.63, 3.8) is 0 Å². The molecule has 1 aromatic heterocycles. The van der Waals surface area contributed by atoms with Crippen molar-refractivity contribution >= 4 is 11.5 Å². The zero-order valence-corrected chi connectivity index (χ0v) is 17.8. The van der Waals surface area contributed by atoms with Crippen LogP contribution in [0.25, 0.3) is 16.9 Å². The van der Waals surface area contributed by atoms with Gasteiger partial charge in [-0.25, -0.2) is 4.79 Å². The van der Waals surface area contributed by atoms with Gasteiger partial charge in [0.15, 0.2) is 0 Å². The Labute approximate surface area is 187 Å². The van der Waals surface area contributed by atoms with Gasteiger partial charge in [0.2, 0.25) is 0 Å². The van der Waals surface area contributed by atoms with E-state index in [1.165, 1.54) is 0 Å². The number of aromatic nitrogens is 2. The molecule has 0 unspecified atom stereocenters. The molecule has 1 aliphatic heterocycles. The number of hydrogen-bond acceptors (Lipinski definition) is 4. The van der Waals surface area contributed by atoms with Crippen LogP contribution in [0.3, 0.4) is 0 Å². The monoisotopic (exact) mass is 426 g/mol. The van der Waals surface area contributed by atoms with Gasteiger partial charge in [-0.3, -0.25) is 9.55 Å². The zero-order valence-electron chi connectivity index (χ0n) is 17.8. The highest BCUT2D eigenvalue weighted by Gasteiger charge is 2.18. The third-order valence-corrected chi connectivity index (χ3v) is 5.74. The van der Waals surface area contributed by atoms with Gasteiger partial charge < -0.3 is 15.0 Å². The van der Waals surface area contributed by atoms with Crippen LogP contribution in [0.1, 0.15) is 5.56 Å². The molecular weight excluding hydrogens is 400 g/mol. The molecule has 0 aliphatic carbocycles. The van der Waals surface area contributed by atoms with Crippen molar-refractivity contribution in [1.82, 2.24) is 9.55 Å². The lowest BCUT2D eigenvalue weighted by atomic mass is 10.1. The number of hydrogen-bond donors (Lipinski definition) is 2. The molecule has 1 aliphatic rings. The molecule has 0 atom stereocenters. The lowest BCUT2D eigenvalue weighted by Gasteiger charge is -2.29.